The molecule has 5 heteroatoms. The van der Waals surface area contributed by atoms with Gasteiger partial charge in [0.25, 0.3) is 0 Å². The highest BCUT2D eigenvalue weighted by molar-refractivity contribution is 6.09. The minimum Gasteiger partial charge on any atom is -0.292 e. The first-order valence-corrected chi connectivity index (χ1v) is 20.0. The molecule has 1 aliphatic carbocycles. The molecule has 0 N–H and O–H groups in total. The zero-order chi connectivity index (χ0) is 38.9. The lowest BCUT2D eigenvalue weighted by Crippen LogP contribution is -2.28. The smallest absolute Gasteiger partial charge is 0.235 e. The number of nitrogens with zero attached hydrogens (tertiary/aromatic N) is 5. The van der Waals surface area contributed by atoms with Gasteiger partial charge in [0, 0.05) is 33.8 Å². The van der Waals surface area contributed by atoms with Crippen LogP contribution in [0.25, 0.3) is 78.2 Å². The number of rotatable bonds is 6. The molecule has 11 aromatic rings. The lowest BCUT2D eigenvalue weighted by molar-refractivity contribution is 0.769. The van der Waals surface area contributed by atoms with E-state index in [0.29, 0.717) is 5.95 Å². The average molecular weight is 754 g/mol. The van der Waals surface area contributed by atoms with Gasteiger partial charge in [-0.3, -0.25) is 9.13 Å². The third kappa shape index (κ3) is 4.95. The summed E-state index contributed by atoms with van der Waals surface area (Å²) >= 11 is 0. The maximum absolute atomic E-state index is 5.34. The van der Waals surface area contributed by atoms with Crippen molar-refractivity contribution in [3.05, 3.63) is 235 Å². The van der Waals surface area contributed by atoms with Gasteiger partial charge in [-0.05, 0) is 81.9 Å². The summed E-state index contributed by atoms with van der Waals surface area (Å²) in [6, 6.07) is 73.6. The van der Waals surface area contributed by atoms with Crippen LogP contribution >= 0.6 is 0 Å². The van der Waals surface area contributed by atoms with Gasteiger partial charge in [0.1, 0.15) is 5.82 Å². The van der Waals surface area contributed by atoms with Crippen LogP contribution in [0.5, 0.6) is 0 Å². The number of para-hydroxylation sites is 4. The van der Waals surface area contributed by atoms with Gasteiger partial charge in [-0.25, -0.2) is 15.0 Å². The molecular weight excluding hydrogens is 719 g/mol. The Hall–Kier alpha value is -7.89. The second-order valence-electron chi connectivity index (χ2n) is 15.2. The van der Waals surface area contributed by atoms with E-state index in [1.54, 1.807) is 0 Å². The highest BCUT2D eigenvalue weighted by Crippen LogP contribution is 2.56. The molecular formula is C54H35N5. The SMILES string of the molecule is c1ccc(-n2c(-c3cccc(-c4ccnc(-n5c6ccccc6c6ccc(C7(c8ccccc8)c8ccccc8-c8ccccc87)cc65)n4)c3)nc3ccccc32)cc1. The van der Waals surface area contributed by atoms with Gasteiger partial charge in [0.2, 0.25) is 5.95 Å². The fourth-order valence-electron chi connectivity index (χ4n) is 9.62. The zero-order valence-electron chi connectivity index (χ0n) is 31.9. The Kier molecular flexibility index (Phi) is 7.38. The Morgan fingerprint density at radius 3 is 1.85 bits per heavy atom. The number of aromatic nitrogens is 5. The van der Waals surface area contributed by atoms with Crippen LogP contribution in [0.3, 0.4) is 0 Å². The number of hydrogen-bond donors (Lipinski definition) is 0. The molecule has 0 bridgehead atoms. The average Bonchev–Trinajstić information content (AvgIpc) is 3.96. The Morgan fingerprint density at radius 2 is 1.05 bits per heavy atom. The van der Waals surface area contributed by atoms with Crippen LogP contribution in [-0.4, -0.2) is 24.1 Å². The van der Waals surface area contributed by atoms with Crippen molar-refractivity contribution in [1.82, 2.24) is 24.1 Å². The second kappa shape index (κ2) is 13.1. The van der Waals surface area contributed by atoms with Crippen LogP contribution < -0.4 is 0 Å². The lowest BCUT2D eigenvalue weighted by Gasteiger charge is -2.34. The van der Waals surface area contributed by atoms with Crippen molar-refractivity contribution in [2.75, 3.05) is 0 Å². The van der Waals surface area contributed by atoms with E-state index in [4.69, 9.17) is 15.0 Å². The monoisotopic (exact) mass is 753 g/mol. The van der Waals surface area contributed by atoms with Crippen LogP contribution in [-0.2, 0) is 5.41 Å². The van der Waals surface area contributed by atoms with E-state index in [1.165, 1.54) is 33.4 Å². The van der Waals surface area contributed by atoms with Crippen molar-refractivity contribution in [2.45, 2.75) is 5.41 Å². The molecule has 0 saturated heterocycles. The Balaban J connectivity index is 1.05. The largest absolute Gasteiger partial charge is 0.292 e. The summed E-state index contributed by atoms with van der Waals surface area (Å²) in [6.45, 7) is 0. The number of benzene rings is 8. The van der Waals surface area contributed by atoms with E-state index in [2.05, 4.69) is 197 Å². The van der Waals surface area contributed by atoms with Gasteiger partial charge < -0.3 is 0 Å². The van der Waals surface area contributed by atoms with E-state index in [-0.39, 0.29) is 0 Å². The highest BCUT2D eigenvalue weighted by Gasteiger charge is 2.46. The van der Waals surface area contributed by atoms with E-state index >= 15 is 0 Å². The summed E-state index contributed by atoms with van der Waals surface area (Å²) in [6.07, 6.45) is 1.88. The van der Waals surface area contributed by atoms with E-state index < -0.39 is 5.41 Å². The molecule has 0 unspecified atom stereocenters. The fourth-order valence-corrected chi connectivity index (χ4v) is 9.62. The molecule has 0 amide bonds. The van der Waals surface area contributed by atoms with Crippen molar-refractivity contribution < 1.29 is 0 Å². The van der Waals surface area contributed by atoms with E-state index in [1.807, 2.05) is 24.4 Å². The predicted molar refractivity (Wildman–Crippen MR) is 239 cm³/mol. The summed E-state index contributed by atoms with van der Waals surface area (Å²) in [5, 5.41) is 2.31. The molecule has 3 heterocycles. The second-order valence-corrected chi connectivity index (χ2v) is 15.2. The number of hydrogen-bond acceptors (Lipinski definition) is 3. The molecule has 8 aromatic carbocycles. The van der Waals surface area contributed by atoms with Crippen LogP contribution in [0, 0.1) is 0 Å². The van der Waals surface area contributed by atoms with Gasteiger partial charge >= 0.3 is 0 Å². The van der Waals surface area contributed by atoms with Gasteiger partial charge in [0.15, 0.2) is 0 Å². The van der Waals surface area contributed by atoms with Crippen LogP contribution in [0.15, 0.2) is 212 Å². The van der Waals surface area contributed by atoms with Gasteiger partial charge in [-0.15, -0.1) is 0 Å². The summed E-state index contributed by atoms with van der Waals surface area (Å²) in [5.74, 6) is 1.50. The van der Waals surface area contributed by atoms with Crippen LogP contribution in [0.1, 0.15) is 22.3 Å². The topological polar surface area (TPSA) is 48.5 Å². The van der Waals surface area contributed by atoms with Gasteiger partial charge in [0.05, 0.1) is 33.2 Å². The summed E-state index contributed by atoms with van der Waals surface area (Å²) in [7, 11) is 0. The zero-order valence-corrected chi connectivity index (χ0v) is 31.9. The van der Waals surface area contributed by atoms with Crippen molar-refractivity contribution in [2.24, 2.45) is 0 Å². The first-order valence-electron chi connectivity index (χ1n) is 20.0. The molecule has 0 aliphatic heterocycles. The Labute approximate surface area is 341 Å². The van der Waals surface area contributed by atoms with Crippen LogP contribution in [0.4, 0.5) is 0 Å². The first-order chi connectivity index (χ1) is 29.3. The molecule has 5 nitrogen and oxygen atoms in total. The van der Waals surface area contributed by atoms with Crippen molar-refractivity contribution in [3.8, 4) is 45.4 Å². The van der Waals surface area contributed by atoms with Crippen LogP contribution in [0.2, 0.25) is 0 Å². The molecule has 3 aromatic heterocycles. The molecule has 0 atom stereocenters. The minimum absolute atomic E-state index is 0.524. The predicted octanol–water partition coefficient (Wildman–Crippen LogP) is 12.6. The molecule has 0 spiro atoms. The van der Waals surface area contributed by atoms with Crippen molar-refractivity contribution in [1.29, 1.82) is 0 Å². The Bertz CT molecular complexity index is 3350. The van der Waals surface area contributed by atoms with E-state index in [9.17, 15) is 0 Å². The maximum atomic E-state index is 5.34. The normalized spacial score (nSPS) is 12.9. The summed E-state index contributed by atoms with van der Waals surface area (Å²) in [5.41, 5.74) is 15.0. The molecule has 0 saturated carbocycles. The first kappa shape index (κ1) is 33.3. The molecule has 59 heavy (non-hydrogen) atoms. The molecule has 1 aliphatic rings. The Morgan fingerprint density at radius 1 is 0.407 bits per heavy atom. The molecule has 0 radical (unpaired) electrons. The third-order valence-corrected chi connectivity index (χ3v) is 12.1. The van der Waals surface area contributed by atoms with Gasteiger partial charge in [-0.2, -0.15) is 0 Å². The summed E-state index contributed by atoms with van der Waals surface area (Å²) in [4.78, 5) is 15.5. The quantitative estimate of drug-likeness (QED) is 0.170. The summed E-state index contributed by atoms with van der Waals surface area (Å²) < 4.78 is 4.47. The molecule has 0 fully saturated rings. The number of fused-ring (bicyclic) bond motifs is 7. The highest BCUT2D eigenvalue weighted by atomic mass is 15.2. The third-order valence-electron chi connectivity index (χ3n) is 12.1. The van der Waals surface area contributed by atoms with E-state index in [0.717, 1.165) is 61.2 Å². The number of imidazole rings is 1. The van der Waals surface area contributed by atoms with Gasteiger partial charge in [-0.1, -0.05) is 158 Å². The molecule has 12 rings (SSSR count). The standard InChI is InChI=1S/C54H35N5/c1-3-18-38(19-4-1)54(45-25-10-7-22-41(45)42-23-8-11-26-46(42)54)39-30-31-44-43-24-9-13-28-49(43)59(51(44)35-39)53-55-33-32-47(57-53)36-16-15-17-37(34-36)52-56-48-27-12-14-29-50(48)58(52)40-20-5-2-6-21-40/h1-35H. The molecule has 276 valence electrons. The van der Waals surface area contributed by atoms with Crippen molar-refractivity contribution >= 4 is 32.8 Å². The minimum atomic E-state index is -0.524. The maximum Gasteiger partial charge on any atom is 0.235 e. The van der Waals surface area contributed by atoms with Crippen molar-refractivity contribution in [3.63, 3.8) is 0 Å². The lowest BCUT2D eigenvalue weighted by atomic mass is 9.67. The fraction of sp³-hybridized carbons (Fsp3) is 0.0185.